The van der Waals surface area contributed by atoms with Gasteiger partial charge in [-0.15, -0.1) is 21.5 Å². The van der Waals surface area contributed by atoms with Crippen molar-refractivity contribution in [2.24, 2.45) is 0 Å². The van der Waals surface area contributed by atoms with Crippen LogP contribution in [0.1, 0.15) is 17.8 Å². The summed E-state index contributed by atoms with van der Waals surface area (Å²) in [4.78, 5) is 3.38. The molecule has 84 valence electrons. The van der Waals surface area contributed by atoms with E-state index >= 15 is 0 Å². The van der Waals surface area contributed by atoms with Crippen molar-refractivity contribution in [1.29, 1.82) is 0 Å². The smallest absolute Gasteiger partial charge is 0.151 e. The Morgan fingerprint density at radius 2 is 2.12 bits per heavy atom. The Hall–Kier alpha value is -1.13. The number of anilines is 1. The Labute approximate surface area is 104 Å². The average Bonchev–Trinajstić information content (AvgIpc) is 2.81. The lowest BCUT2D eigenvalue weighted by atomic mass is 10.2. The zero-order chi connectivity index (χ0) is 11.5. The molecular formula is C11H12ClN3S. The van der Waals surface area contributed by atoms with Crippen molar-refractivity contribution in [2.75, 3.05) is 11.9 Å². The third-order valence-corrected chi connectivity index (χ3v) is 3.76. The molecule has 16 heavy (non-hydrogen) atoms. The van der Waals surface area contributed by atoms with Gasteiger partial charge < -0.3 is 4.90 Å². The largest absolute Gasteiger partial charge is 0.351 e. The van der Waals surface area contributed by atoms with E-state index in [1.165, 1.54) is 4.88 Å². The van der Waals surface area contributed by atoms with Crippen LogP contribution in [0.5, 0.6) is 0 Å². The normalized spacial score (nSPS) is 12.4. The van der Waals surface area contributed by atoms with Crippen molar-refractivity contribution in [2.45, 2.75) is 13.0 Å². The van der Waals surface area contributed by atoms with Crippen molar-refractivity contribution in [3.63, 3.8) is 0 Å². The first-order valence-corrected chi connectivity index (χ1v) is 6.19. The topological polar surface area (TPSA) is 29.0 Å². The molecule has 5 heteroatoms. The molecule has 0 N–H and O–H groups in total. The van der Waals surface area contributed by atoms with Gasteiger partial charge in [0.2, 0.25) is 0 Å². The Morgan fingerprint density at radius 1 is 1.31 bits per heavy atom. The third kappa shape index (κ3) is 2.33. The molecule has 2 aromatic heterocycles. The van der Waals surface area contributed by atoms with Gasteiger partial charge in [0, 0.05) is 11.9 Å². The Morgan fingerprint density at radius 3 is 2.69 bits per heavy atom. The molecule has 0 saturated heterocycles. The minimum absolute atomic E-state index is 0.287. The van der Waals surface area contributed by atoms with Gasteiger partial charge in [0.1, 0.15) is 0 Å². The predicted octanol–water partition coefficient (Wildman–Crippen LogP) is 3.39. The van der Waals surface area contributed by atoms with Crippen LogP contribution in [0.2, 0.25) is 5.15 Å². The van der Waals surface area contributed by atoms with Gasteiger partial charge in [-0.2, -0.15) is 0 Å². The van der Waals surface area contributed by atoms with Crippen LogP contribution in [0.25, 0.3) is 0 Å². The summed E-state index contributed by atoms with van der Waals surface area (Å²) in [5.41, 5.74) is 0. The van der Waals surface area contributed by atoms with Crippen LogP contribution >= 0.6 is 22.9 Å². The Balaban J connectivity index is 2.19. The van der Waals surface area contributed by atoms with Gasteiger partial charge in [0.05, 0.1) is 6.04 Å². The Bertz CT molecular complexity index is 441. The lowest BCUT2D eigenvalue weighted by Crippen LogP contribution is -2.22. The van der Waals surface area contributed by atoms with Crippen LogP contribution in [0, 0.1) is 0 Å². The van der Waals surface area contributed by atoms with Crippen molar-refractivity contribution in [1.82, 2.24) is 10.2 Å². The highest BCUT2D eigenvalue weighted by molar-refractivity contribution is 7.10. The Kier molecular flexibility index (Phi) is 3.41. The molecule has 2 rings (SSSR count). The summed E-state index contributed by atoms with van der Waals surface area (Å²) in [7, 11) is 2.00. The molecule has 0 aliphatic rings. The molecule has 0 amide bonds. The fourth-order valence-electron chi connectivity index (χ4n) is 1.42. The molecule has 0 aliphatic heterocycles. The van der Waals surface area contributed by atoms with Crippen molar-refractivity contribution < 1.29 is 0 Å². The van der Waals surface area contributed by atoms with Crippen LogP contribution in [0.3, 0.4) is 0 Å². The van der Waals surface area contributed by atoms with Crippen LogP contribution in [-0.4, -0.2) is 17.2 Å². The van der Waals surface area contributed by atoms with Crippen molar-refractivity contribution in [3.8, 4) is 0 Å². The molecule has 2 heterocycles. The first-order chi connectivity index (χ1) is 7.68. The maximum atomic E-state index is 5.71. The highest BCUT2D eigenvalue weighted by atomic mass is 35.5. The molecule has 0 fully saturated rings. The summed E-state index contributed by atoms with van der Waals surface area (Å²) in [6, 6.07) is 8.09. The van der Waals surface area contributed by atoms with Gasteiger partial charge in [0.15, 0.2) is 11.0 Å². The number of thiophene rings is 1. The molecule has 1 atom stereocenters. The molecule has 0 radical (unpaired) electrons. The fraction of sp³-hybridized carbons (Fsp3) is 0.273. The van der Waals surface area contributed by atoms with Gasteiger partial charge in [0.25, 0.3) is 0 Å². The van der Waals surface area contributed by atoms with Gasteiger partial charge >= 0.3 is 0 Å². The summed E-state index contributed by atoms with van der Waals surface area (Å²) in [5, 5.41) is 10.4. The zero-order valence-electron chi connectivity index (χ0n) is 9.09. The van der Waals surface area contributed by atoms with E-state index in [0.29, 0.717) is 5.15 Å². The summed E-state index contributed by atoms with van der Waals surface area (Å²) in [6.07, 6.45) is 0. The van der Waals surface area contributed by atoms with Crippen molar-refractivity contribution >= 4 is 28.8 Å². The highest BCUT2D eigenvalue weighted by Crippen LogP contribution is 2.26. The molecule has 0 spiro atoms. The number of nitrogens with zero attached hydrogens (tertiary/aromatic N) is 3. The summed E-state index contributed by atoms with van der Waals surface area (Å²) < 4.78 is 0. The highest BCUT2D eigenvalue weighted by Gasteiger charge is 2.14. The summed E-state index contributed by atoms with van der Waals surface area (Å²) in [5.74, 6) is 0.824. The van der Waals surface area contributed by atoms with Crippen LogP contribution in [0.15, 0.2) is 29.6 Å². The minimum Gasteiger partial charge on any atom is -0.351 e. The summed E-state index contributed by atoms with van der Waals surface area (Å²) in [6.45, 7) is 2.14. The molecule has 3 nitrogen and oxygen atoms in total. The van der Waals surface area contributed by atoms with Crippen molar-refractivity contribution in [3.05, 3.63) is 39.7 Å². The molecular weight excluding hydrogens is 242 g/mol. The number of hydrogen-bond donors (Lipinski definition) is 0. The molecule has 1 unspecified atom stereocenters. The van der Waals surface area contributed by atoms with Gasteiger partial charge in [-0.05, 0) is 30.5 Å². The second-order valence-corrected chi connectivity index (χ2v) is 4.88. The van der Waals surface area contributed by atoms with Gasteiger partial charge in [-0.1, -0.05) is 17.7 Å². The number of halogens is 1. The molecule has 0 bridgehead atoms. The first-order valence-electron chi connectivity index (χ1n) is 4.94. The van der Waals surface area contributed by atoms with Gasteiger partial charge in [-0.25, -0.2) is 0 Å². The van der Waals surface area contributed by atoms with Gasteiger partial charge in [-0.3, -0.25) is 0 Å². The second-order valence-electron chi connectivity index (χ2n) is 3.52. The lowest BCUT2D eigenvalue weighted by molar-refractivity contribution is 0.733. The van der Waals surface area contributed by atoms with E-state index in [2.05, 4.69) is 39.5 Å². The number of aromatic nitrogens is 2. The van der Waals surface area contributed by atoms with E-state index in [1.807, 2.05) is 13.1 Å². The maximum absolute atomic E-state index is 5.71. The van der Waals surface area contributed by atoms with Crippen LogP contribution in [-0.2, 0) is 0 Å². The van der Waals surface area contributed by atoms with Crippen LogP contribution in [0.4, 0.5) is 5.82 Å². The van der Waals surface area contributed by atoms with E-state index < -0.39 is 0 Å². The number of hydrogen-bond acceptors (Lipinski definition) is 4. The number of rotatable bonds is 3. The predicted molar refractivity (Wildman–Crippen MR) is 68.2 cm³/mol. The lowest BCUT2D eigenvalue weighted by Gasteiger charge is -2.24. The zero-order valence-corrected chi connectivity index (χ0v) is 10.7. The molecule has 0 saturated carbocycles. The van der Waals surface area contributed by atoms with E-state index in [-0.39, 0.29) is 6.04 Å². The standard InChI is InChI=1S/C11H12ClN3S/c1-8(9-4-3-7-16-9)15(2)11-6-5-10(12)13-14-11/h3-8H,1-2H3. The maximum Gasteiger partial charge on any atom is 0.151 e. The van der Waals surface area contributed by atoms with Crippen LogP contribution < -0.4 is 4.90 Å². The van der Waals surface area contributed by atoms with E-state index in [0.717, 1.165) is 5.82 Å². The minimum atomic E-state index is 0.287. The van der Waals surface area contributed by atoms with E-state index in [1.54, 1.807) is 17.4 Å². The molecule has 0 aromatic carbocycles. The fourth-order valence-corrected chi connectivity index (χ4v) is 2.34. The quantitative estimate of drug-likeness (QED) is 0.840. The summed E-state index contributed by atoms with van der Waals surface area (Å²) >= 11 is 7.45. The third-order valence-electron chi connectivity index (χ3n) is 2.52. The average molecular weight is 254 g/mol. The molecule has 0 aliphatic carbocycles. The monoisotopic (exact) mass is 253 g/mol. The second kappa shape index (κ2) is 4.80. The van der Waals surface area contributed by atoms with E-state index in [9.17, 15) is 0 Å². The molecule has 2 aromatic rings. The SMILES string of the molecule is CC(c1cccs1)N(C)c1ccc(Cl)nn1. The first kappa shape index (κ1) is 11.4. The van der Waals surface area contributed by atoms with E-state index in [4.69, 9.17) is 11.6 Å².